The number of rotatable bonds is 6. The van der Waals surface area contributed by atoms with Crippen molar-refractivity contribution in [2.45, 2.75) is 45.7 Å². The Bertz CT molecular complexity index is 551. The first kappa shape index (κ1) is 18.1. The molecule has 0 radical (unpaired) electrons. The quantitative estimate of drug-likeness (QED) is 0.571. The molecule has 0 saturated carbocycles. The maximum Gasteiger partial charge on any atom is 0.191 e. The first-order valence-corrected chi connectivity index (χ1v) is 9.60. The maximum absolute atomic E-state index is 5.39. The van der Waals surface area contributed by atoms with Crippen LogP contribution in [0.25, 0.3) is 0 Å². The summed E-state index contributed by atoms with van der Waals surface area (Å²) in [6.45, 7) is 10.1. The van der Waals surface area contributed by atoms with E-state index in [1.165, 1.54) is 19.3 Å². The Labute approximate surface area is 150 Å². The van der Waals surface area contributed by atoms with Crippen molar-refractivity contribution in [2.24, 2.45) is 4.99 Å². The second kappa shape index (κ2) is 9.72. The molecule has 0 amide bonds. The number of morpholine rings is 1. The van der Waals surface area contributed by atoms with E-state index in [4.69, 9.17) is 9.73 Å². The third-order valence-corrected chi connectivity index (χ3v) is 4.73. The van der Waals surface area contributed by atoms with E-state index < -0.39 is 0 Å². The Morgan fingerprint density at radius 3 is 2.84 bits per heavy atom. The summed E-state index contributed by atoms with van der Waals surface area (Å²) in [5, 5.41) is 15.4. The van der Waals surface area contributed by atoms with Crippen LogP contribution in [0, 0.1) is 0 Å². The van der Waals surface area contributed by atoms with Crippen LogP contribution in [-0.4, -0.2) is 71.6 Å². The predicted molar refractivity (Wildman–Crippen MR) is 97.7 cm³/mol. The van der Waals surface area contributed by atoms with E-state index in [9.17, 15) is 0 Å². The van der Waals surface area contributed by atoms with Crippen LogP contribution in [0.1, 0.15) is 37.8 Å². The molecule has 3 rings (SSSR count). The minimum atomic E-state index is 0.569. The third kappa shape index (κ3) is 5.40. The zero-order valence-corrected chi connectivity index (χ0v) is 15.3. The van der Waals surface area contributed by atoms with E-state index in [0.717, 1.165) is 76.5 Å². The Kier molecular flexibility index (Phi) is 7.05. The number of aliphatic imine (C=N–C) groups is 1. The van der Waals surface area contributed by atoms with Crippen molar-refractivity contribution in [1.82, 2.24) is 30.3 Å². The van der Waals surface area contributed by atoms with Gasteiger partial charge in [0.1, 0.15) is 12.4 Å². The third-order valence-electron chi connectivity index (χ3n) is 4.73. The molecule has 0 spiro atoms. The lowest BCUT2D eigenvalue weighted by molar-refractivity contribution is 0.0389. The Morgan fingerprint density at radius 2 is 2.00 bits per heavy atom. The van der Waals surface area contributed by atoms with Crippen LogP contribution in [0.2, 0.25) is 0 Å². The van der Waals surface area contributed by atoms with Crippen LogP contribution in [0.4, 0.5) is 0 Å². The molecule has 0 aliphatic carbocycles. The van der Waals surface area contributed by atoms with Crippen molar-refractivity contribution < 1.29 is 4.74 Å². The summed E-state index contributed by atoms with van der Waals surface area (Å²) >= 11 is 0. The van der Waals surface area contributed by atoms with Crippen molar-refractivity contribution in [2.75, 3.05) is 45.9 Å². The summed E-state index contributed by atoms with van der Waals surface area (Å²) < 4.78 is 7.64. The van der Waals surface area contributed by atoms with Gasteiger partial charge in [-0.2, -0.15) is 0 Å². The molecule has 0 bridgehead atoms. The molecule has 0 aromatic carbocycles. The van der Waals surface area contributed by atoms with Crippen molar-refractivity contribution in [1.29, 1.82) is 0 Å². The van der Waals surface area contributed by atoms with Gasteiger partial charge in [-0.25, -0.2) is 4.99 Å². The standard InChI is InChI=1S/C17H31N7O/c1-2-18-17(19-7-9-23-10-12-25-13-11-23)20-14-16-22-21-15-6-4-3-5-8-24(15)16/h2-14H2,1H3,(H2,18,19,20). The molecule has 1 fully saturated rings. The van der Waals surface area contributed by atoms with Gasteiger partial charge in [-0.1, -0.05) is 6.42 Å². The molecule has 140 valence electrons. The summed E-state index contributed by atoms with van der Waals surface area (Å²) in [5.74, 6) is 2.94. The number of ether oxygens (including phenoxy) is 1. The van der Waals surface area contributed by atoms with E-state index >= 15 is 0 Å². The largest absolute Gasteiger partial charge is 0.379 e. The van der Waals surface area contributed by atoms with E-state index in [1.54, 1.807) is 0 Å². The Hall–Kier alpha value is -1.67. The first-order chi connectivity index (χ1) is 12.4. The number of fused-ring (bicyclic) bond motifs is 1. The summed E-state index contributed by atoms with van der Waals surface area (Å²) in [6.07, 6.45) is 4.74. The van der Waals surface area contributed by atoms with Gasteiger partial charge in [0.25, 0.3) is 0 Å². The smallest absolute Gasteiger partial charge is 0.191 e. The summed E-state index contributed by atoms with van der Waals surface area (Å²) in [6, 6.07) is 0. The molecule has 2 N–H and O–H groups in total. The molecule has 1 aromatic heterocycles. The number of hydrogen-bond acceptors (Lipinski definition) is 5. The minimum Gasteiger partial charge on any atom is -0.379 e. The zero-order chi connectivity index (χ0) is 17.3. The van der Waals surface area contributed by atoms with E-state index in [2.05, 4.69) is 37.2 Å². The van der Waals surface area contributed by atoms with Crippen LogP contribution in [-0.2, 0) is 24.2 Å². The highest BCUT2D eigenvalue weighted by Crippen LogP contribution is 2.14. The summed E-state index contributed by atoms with van der Waals surface area (Å²) in [7, 11) is 0. The van der Waals surface area contributed by atoms with Gasteiger partial charge in [-0.3, -0.25) is 4.90 Å². The van der Waals surface area contributed by atoms with Gasteiger partial charge in [-0.05, 0) is 19.8 Å². The lowest BCUT2D eigenvalue weighted by Crippen LogP contribution is -2.44. The number of nitrogens with zero attached hydrogens (tertiary/aromatic N) is 5. The van der Waals surface area contributed by atoms with Gasteiger partial charge in [0.2, 0.25) is 0 Å². The van der Waals surface area contributed by atoms with Crippen LogP contribution < -0.4 is 10.6 Å². The van der Waals surface area contributed by atoms with E-state index in [-0.39, 0.29) is 0 Å². The van der Waals surface area contributed by atoms with Gasteiger partial charge < -0.3 is 19.9 Å². The van der Waals surface area contributed by atoms with Crippen LogP contribution >= 0.6 is 0 Å². The second-order valence-corrected chi connectivity index (χ2v) is 6.57. The van der Waals surface area contributed by atoms with Crippen molar-refractivity contribution in [3.63, 3.8) is 0 Å². The van der Waals surface area contributed by atoms with Crippen molar-refractivity contribution >= 4 is 5.96 Å². The number of guanidine groups is 1. The normalized spacial score (nSPS) is 19.3. The molecular weight excluding hydrogens is 318 g/mol. The fraction of sp³-hybridized carbons (Fsp3) is 0.824. The van der Waals surface area contributed by atoms with Gasteiger partial charge in [0.05, 0.1) is 13.2 Å². The molecule has 1 saturated heterocycles. The number of nitrogens with one attached hydrogen (secondary N) is 2. The molecule has 1 aromatic rings. The average molecular weight is 349 g/mol. The fourth-order valence-electron chi connectivity index (χ4n) is 3.31. The molecule has 8 nitrogen and oxygen atoms in total. The number of aromatic nitrogens is 3. The SMILES string of the molecule is CCNC(=NCc1nnc2n1CCCCC2)NCCN1CCOCC1. The van der Waals surface area contributed by atoms with E-state index in [0.29, 0.717) is 6.54 Å². The van der Waals surface area contributed by atoms with Crippen LogP contribution in [0.5, 0.6) is 0 Å². The highest BCUT2D eigenvalue weighted by atomic mass is 16.5. The fourth-order valence-corrected chi connectivity index (χ4v) is 3.31. The molecular formula is C17H31N7O. The molecule has 0 atom stereocenters. The molecule has 2 aliphatic heterocycles. The van der Waals surface area contributed by atoms with Gasteiger partial charge in [-0.15, -0.1) is 10.2 Å². The minimum absolute atomic E-state index is 0.569. The number of aryl methyl sites for hydroxylation is 1. The Balaban J connectivity index is 1.52. The monoisotopic (exact) mass is 349 g/mol. The number of hydrogen-bond donors (Lipinski definition) is 2. The van der Waals surface area contributed by atoms with Crippen molar-refractivity contribution in [3.05, 3.63) is 11.6 Å². The Morgan fingerprint density at radius 1 is 1.12 bits per heavy atom. The molecule has 8 heteroatoms. The zero-order valence-electron chi connectivity index (χ0n) is 15.3. The first-order valence-electron chi connectivity index (χ1n) is 9.60. The van der Waals surface area contributed by atoms with E-state index in [1.807, 2.05) is 0 Å². The highest BCUT2D eigenvalue weighted by Gasteiger charge is 2.14. The van der Waals surface area contributed by atoms with Gasteiger partial charge >= 0.3 is 0 Å². The summed E-state index contributed by atoms with van der Waals surface area (Å²) in [4.78, 5) is 7.12. The lowest BCUT2D eigenvalue weighted by atomic mass is 10.2. The van der Waals surface area contributed by atoms with Crippen LogP contribution in [0.15, 0.2) is 4.99 Å². The maximum atomic E-state index is 5.39. The van der Waals surface area contributed by atoms with Crippen LogP contribution in [0.3, 0.4) is 0 Å². The highest BCUT2D eigenvalue weighted by molar-refractivity contribution is 5.79. The average Bonchev–Trinajstić information content (AvgIpc) is 2.87. The molecule has 0 unspecified atom stereocenters. The van der Waals surface area contributed by atoms with Gasteiger partial charge in [0.15, 0.2) is 11.8 Å². The van der Waals surface area contributed by atoms with Gasteiger partial charge in [0, 0.05) is 45.7 Å². The molecule has 2 aliphatic rings. The topological polar surface area (TPSA) is 79.6 Å². The second-order valence-electron chi connectivity index (χ2n) is 6.57. The lowest BCUT2D eigenvalue weighted by Gasteiger charge is -2.26. The predicted octanol–water partition coefficient (Wildman–Crippen LogP) is 0.392. The summed E-state index contributed by atoms with van der Waals surface area (Å²) in [5.41, 5.74) is 0. The molecule has 3 heterocycles. The van der Waals surface area contributed by atoms with Crippen molar-refractivity contribution in [3.8, 4) is 0 Å². The molecule has 25 heavy (non-hydrogen) atoms.